The van der Waals surface area contributed by atoms with Crippen molar-refractivity contribution >= 4 is 28.7 Å². The molecule has 1 aromatic heterocycles. The van der Waals surface area contributed by atoms with Gasteiger partial charge in [0.1, 0.15) is 5.75 Å². The van der Waals surface area contributed by atoms with Gasteiger partial charge in [0.2, 0.25) is 5.91 Å². The molecule has 0 saturated carbocycles. The minimum absolute atomic E-state index is 0.00796. The summed E-state index contributed by atoms with van der Waals surface area (Å²) in [6.45, 7) is 3.85. The van der Waals surface area contributed by atoms with Crippen LogP contribution < -0.4 is 10.1 Å². The Bertz CT molecular complexity index is 909. The number of benzene rings is 2. The molecule has 1 amide bonds. The molecular weight excluding hydrogens is 374 g/mol. The highest BCUT2D eigenvalue weighted by Crippen LogP contribution is 2.28. The second-order valence-corrected chi connectivity index (χ2v) is 7.07. The Balaban J connectivity index is 1.78. The molecule has 0 fully saturated rings. The van der Waals surface area contributed by atoms with Crippen molar-refractivity contribution in [3.05, 3.63) is 48.5 Å². The molecular formula is C21H25N3O3S. The maximum Gasteiger partial charge on any atom is 0.230 e. The number of hydrogen-bond donors (Lipinski definition) is 1. The number of imidazole rings is 1. The molecule has 0 atom stereocenters. The summed E-state index contributed by atoms with van der Waals surface area (Å²) in [4.78, 5) is 16.9. The first-order chi connectivity index (χ1) is 13.7. The van der Waals surface area contributed by atoms with E-state index in [1.807, 2.05) is 55.5 Å². The van der Waals surface area contributed by atoms with Gasteiger partial charge in [0.25, 0.3) is 0 Å². The molecule has 7 heteroatoms. The maximum absolute atomic E-state index is 12.1. The number of para-hydroxylation sites is 2. The molecule has 0 bridgehead atoms. The Morgan fingerprint density at radius 2 is 1.96 bits per heavy atom. The summed E-state index contributed by atoms with van der Waals surface area (Å²) in [6, 6.07) is 15.9. The Morgan fingerprint density at radius 1 is 1.18 bits per heavy atom. The van der Waals surface area contributed by atoms with Crippen LogP contribution in [0.25, 0.3) is 16.7 Å². The van der Waals surface area contributed by atoms with Crippen LogP contribution >= 0.6 is 11.8 Å². The fourth-order valence-corrected chi connectivity index (χ4v) is 3.69. The van der Waals surface area contributed by atoms with E-state index in [-0.39, 0.29) is 5.91 Å². The standard InChI is InChI=1S/C21H25N3O3S/c1-3-27-17-11-9-16(10-12-17)24-19-8-5-4-7-18(19)23-21(24)28-15-20(25)22-13-6-14-26-2/h4-5,7-12H,3,6,13-15H2,1-2H3,(H,22,25). The summed E-state index contributed by atoms with van der Waals surface area (Å²) in [7, 11) is 1.66. The van der Waals surface area contributed by atoms with Crippen molar-refractivity contribution in [1.82, 2.24) is 14.9 Å². The van der Waals surface area contributed by atoms with E-state index in [4.69, 9.17) is 14.5 Å². The lowest BCUT2D eigenvalue weighted by Gasteiger charge is -2.10. The average Bonchev–Trinajstić information content (AvgIpc) is 3.09. The normalized spacial score (nSPS) is 10.9. The second-order valence-electron chi connectivity index (χ2n) is 6.13. The van der Waals surface area contributed by atoms with Crippen molar-refractivity contribution < 1.29 is 14.3 Å². The van der Waals surface area contributed by atoms with Crippen molar-refractivity contribution in [2.45, 2.75) is 18.5 Å². The summed E-state index contributed by atoms with van der Waals surface area (Å²) in [5.74, 6) is 1.14. The number of fused-ring (bicyclic) bond motifs is 1. The van der Waals surface area contributed by atoms with Gasteiger partial charge >= 0.3 is 0 Å². The van der Waals surface area contributed by atoms with Gasteiger partial charge < -0.3 is 14.8 Å². The summed E-state index contributed by atoms with van der Waals surface area (Å²) >= 11 is 1.43. The molecule has 1 heterocycles. The molecule has 6 nitrogen and oxygen atoms in total. The van der Waals surface area contributed by atoms with Crippen LogP contribution in [-0.2, 0) is 9.53 Å². The molecule has 0 aliphatic rings. The average molecular weight is 400 g/mol. The van der Waals surface area contributed by atoms with Gasteiger partial charge in [-0.25, -0.2) is 4.98 Å². The number of nitrogens with one attached hydrogen (secondary N) is 1. The van der Waals surface area contributed by atoms with Crippen LogP contribution in [-0.4, -0.2) is 48.1 Å². The zero-order valence-corrected chi connectivity index (χ0v) is 17.0. The molecule has 0 aliphatic carbocycles. The summed E-state index contributed by atoms with van der Waals surface area (Å²) < 4.78 is 12.6. The third kappa shape index (κ3) is 5.05. The van der Waals surface area contributed by atoms with E-state index in [1.165, 1.54) is 11.8 Å². The lowest BCUT2D eigenvalue weighted by Crippen LogP contribution is -2.26. The molecule has 1 N–H and O–H groups in total. The molecule has 3 rings (SSSR count). The van der Waals surface area contributed by atoms with Gasteiger partial charge in [0.05, 0.1) is 23.4 Å². The Kier molecular flexibility index (Phi) is 7.33. The summed E-state index contributed by atoms with van der Waals surface area (Å²) in [5.41, 5.74) is 2.90. The van der Waals surface area contributed by atoms with Gasteiger partial charge in [0, 0.05) is 25.9 Å². The first-order valence-electron chi connectivity index (χ1n) is 9.32. The van der Waals surface area contributed by atoms with Crippen LogP contribution in [0.15, 0.2) is 53.7 Å². The lowest BCUT2D eigenvalue weighted by atomic mass is 10.2. The molecule has 28 heavy (non-hydrogen) atoms. The van der Waals surface area contributed by atoms with Gasteiger partial charge in [0.15, 0.2) is 5.16 Å². The van der Waals surface area contributed by atoms with Crippen LogP contribution in [0.1, 0.15) is 13.3 Å². The third-order valence-corrected chi connectivity index (χ3v) is 5.05. The number of amides is 1. The number of thioether (sulfide) groups is 1. The Hall–Kier alpha value is -2.51. The molecule has 0 saturated heterocycles. The van der Waals surface area contributed by atoms with Crippen molar-refractivity contribution in [3.63, 3.8) is 0 Å². The monoisotopic (exact) mass is 399 g/mol. The van der Waals surface area contributed by atoms with Crippen LogP contribution in [0.5, 0.6) is 5.75 Å². The van der Waals surface area contributed by atoms with E-state index in [9.17, 15) is 4.79 Å². The van der Waals surface area contributed by atoms with Gasteiger partial charge in [-0.2, -0.15) is 0 Å². The van der Waals surface area contributed by atoms with Gasteiger partial charge in [-0.15, -0.1) is 0 Å². The number of carbonyl (C=O) groups excluding carboxylic acids is 1. The van der Waals surface area contributed by atoms with Crippen molar-refractivity contribution in [2.24, 2.45) is 0 Å². The fourth-order valence-electron chi connectivity index (χ4n) is 2.83. The minimum Gasteiger partial charge on any atom is -0.494 e. The zero-order chi connectivity index (χ0) is 19.8. The molecule has 0 unspecified atom stereocenters. The van der Waals surface area contributed by atoms with E-state index in [0.29, 0.717) is 25.5 Å². The number of carbonyl (C=O) groups is 1. The van der Waals surface area contributed by atoms with Crippen LogP contribution in [0.3, 0.4) is 0 Å². The topological polar surface area (TPSA) is 65.4 Å². The molecule has 0 radical (unpaired) electrons. The van der Waals surface area contributed by atoms with Gasteiger partial charge in [-0.05, 0) is 49.7 Å². The molecule has 0 spiro atoms. The van der Waals surface area contributed by atoms with E-state index >= 15 is 0 Å². The number of ether oxygens (including phenoxy) is 2. The lowest BCUT2D eigenvalue weighted by molar-refractivity contribution is -0.118. The highest BCUT2D eigenvalue weighted by Gasteiger charge is 2.14. The quantitative estimate of drug-likeness (QED) is 0.416. The third-order valence-electron chi connectivity index (χ3n) is 4.12. The highest BCUT2D eigenvalue weighted by atomic mass is 32.2. The fraction of sp³-hybridized carbons (Fsp3) is 0.333. The van der Waals surface area contributed by atoms with Crippen molar-refractivity contribution in [3.8, 4) is 11.4 Å². The smallest absolute Gasteiger partial charge is 0.230 e. The summed E-state index contributed by atoms with van der Waals surface area (Å²) in [6.07, 6.45) is 0.803. The van der Waals surface area contributed by atoms with E-state index in [2.05, 4.69) is 9.88 Å². The molecule has 148 valence electrons. The Morgan fingerprint density at radius 3 is 2.71 bits per heavy atom. The second kappa shape index (κ2) is 10.1. The highest BCUT2D eigenvalue weighted by molar-refractivity contribution is 7.99. The predicted molar refractivity (Wildman–Crippen MR) is 112 cm³/mol. The van der Waals surface area contributed by atoms with Crippen LogP contribution in [0, 0.1) is 0 Å². The number of methoxy groups -OCH3 is 1. The number of rotatable bonds is 10. The zero-order valence-electron chi connectivity index (χ0n) is 16.2. The number of hydrogen-bond acceptors (Lipinski definition) is 5. The Labute approximate surface area is 169 Å². The molecule has 0 aliphatic heterocycles. The van der Waals surface area contributed by atoms with E-state index in [0.717, 1.165) is 34.0 Å². The minimum atomic E-state index is -0.00796. The van der Waals surface area contributed by atoms with Crippen LogP contribution in [0.2, 0.25) is 0 Å². The maximum atomic E-state index is 12.1. The number of aromatic nitrogens is 2. The van der Waals surface area contributed by atoms with Gasteiger partial charge in [-0.1, -0.05) is 23.9 Å². The van der Waals surface area contributed by atoms with E-state index < -0.39 is 0 Å². The molecule has 2 aromatic carbocycles. The predicted octanol–water partition coefficient (Wildman–Crippen LogP) is 3.67. The SMILES string of the molecule is CCOc1ccc(-n2c(SCC(=O)NCCCOC)nc3ccccc32)cc1. The number of nitrogens with zero attached hydrogens (tertiary/aromatic N) is 2. The summed E-state index contributed by atoms with van der Waals surface area (Å²) in [5, 5.41) is 3.70. The van der Waals surface area contributed by atoms with Gasteiger partial charge in [-0.3, -0.25) is 9.36 Å². The van der Waals surface area contributed by atoms with Crippen LogP contribution in [0.4, 0.5) is 0 Å². The van der Waals surface area contributed by atoms with Crippen molar-refractivity contribution in [1.29, 1.82) is 0 Å². The first kappa shape index (κ1) is 20.2. The van der Waals surface area contributed by atoms with E-state index in [1.54, 1.807) is 7.11 Å². The molecule has 3 aromatic rings. The largest absolute Gasteiger partial charge is 0.494 e. The first-order valence-corrected chi connectivity index (χ1v) is 10.3. The van der Waals surface area contributed by atoms with Crippen molar-refractivity contribution in [2.75, 3.05) is 32.6 Å².